The Bertz CT molecular complexity index is 866. The van der Waals surface area contributed by atoms with Gasteiger partial charge in [-0.1, -0.05) is 41.9 Å². The molecule has 1 saturated heterocycles. The molecule has 1 atom stereocenters. The van der Waals surface area contributed by atoms with Crippen molar-refractivity contribution < 1.29 is 9.53 Å². The quantitative estimate of drug-likeness (QED) is 0.481. The SMILES string of the molecule is COc1ccc(C2NN(CCCCBr)C(=O)C2(C)C)c2ccc(C(C)C)nc12. The standard InChI is InChI=1S/C22H30BrN3O2/c1-14(2)17-10-8-15-16(9-11-18(28-5)19(15)24-17)20-22(3,4)21(27)26(25-20)13-7-6-12-23/h8-11,14,20,25H,6-7,12-13H2,1-5H3. The predicted octanol–water partition coefficient (Wildman–Crippen LogP) is 4.96. The Morgan fingerprint density at radius 3 is 2.64 bits per heavy atom. The summed E-state index contributed by atoms with van der Waals surface area (Å²) in [6, 6.07) is 8.11. The number of aromatic nitrogens is 1. The number of nitrogens with zero attached hydrogens (tertiary/aromatic N) is 2. The van der Waals surface area contributed by atoms with E-state index in [1.807, 2.05) is 19.9 Å². The van der Waals surface area contributed by atoms with Gasteiger partial charge in [0.25, 0.3) is 0 Å². The fourth-order valence-electron chi connectivity index (χ4n) is 3.80. The summed E-state index contributed by atoms with van der Waals surface area (Å²) in [5.41, 5.74) is 5.91. The lowest BCUT2D eigenvalue weighted by Crippen LogP contribution is -2.36. The number of hydrazine groups is 1. The van der Waals surface area contributed by atoms with E-state index in [-0.39, 0.29) is 11.9 Å². The number of pyridine rings is 1. The van der Waals surface area contributed by atoms with Crippen molar-refractivity contribution in [3.05, 3.63) is 35.5 Å². The van der Waals surface area contributed by atoms with Crippen molar-refractivity contribution in [3.63, 3.8) is 0 Å². The highest BCUT2D eigenvalue weighted by Crippen LogP contribution is 2.43. The summed E-state index contributed by atoms with van der Waals surface area (Å²) < 4.78 is 5.57. The summed E-state index contributed by atoms with van der Waals surface area (Å²) in [5, 5.41) is 3.78. The minimum absolute atomic E-state index is 0.107. The molecular formula is C22H30BrN3O2. The monoisotopic (exact) mass is 447 g/mol. The molecule has 152 valence electrons. The second kappa shape index (κ2) is 8.37. The first kappa shape index (κ1) is 21.1. The average Bonchev–Trinajstić information content (AvgIpc) is 2.90. The molecule has 2 aromatic rings. The number of hydrogen-bond acceptors (Lipinski definition) is 4. The molecule has 2 heterocycles. The fraction of sp³-hybridized carbons (Fsp3) is 0.545. The number of alkyl halides is 1. The van der Waals surface area contributed by atoms with Gasteiger partial charge < -0.3 is 4.74 Å². The first-order chi connectivity index (χ1) is 13.3. The number of rotatable bonds is 7. The highest BCUT2D eigenvalue weighted by atomic mass is 79.9. The number of hydrogen-bond donors (Lipinski definition) is 1. The minimum Gasteiger partial charge on any atom is -0.494 e. The maximum atomic E-state index is 13.0. The van der Waals surface area contributed by atoms with E-state index < -0.39 is 5.41 Å². The Kier molecular flexibility index (Phi) is 6.30. The van der Waals surface area contributed by atoms with Gasteiger partial charge in [-0.3, -0.25) is 9.80 Å². The number of methoxy groups -OCH3 is 1. The molecule has 1 N–H and O–H groups in total. The molecule has 0 radical (unpaired) electrons. The summed E-state index contributed by atoms with van der Waals surface area (Å²) in [6.07, 6.45) is 2.01. The number of nitrogens with one attached hydrogen (secondary N) is 1. The molecule has 1 aromatic carbocycles. The van der Waals surface area contributed by atoms with E-state index in [0.717, 1.165) is 46.1 Å². The lowest BCUT2D eigenvalue weighted by molar-refractivity contribution is -0.136. The van der Waals surface area contributed by atoms with Crippen LogP contribution in [0.2, 0.25) is 0 Å². The van der Waals surface area contributed by atoms with Crippen LogP contribution in [0.1, 0.15) is 63.8 Å². The number of benzene rings is 1. The Hall–Kier alpha value is -1.66. The van der Waals surface area contributed by atoms with E-state index in [9.17, 15) is 4.79 Å². The number of carbonyl (C=O) groups excluding carboxylic acids is 1. The lowest BCUT2D eigenvalue weighted by Gasteiger charge is -2.25. The molecule has 1 unspecified atom stereocenters. The van der Waals surface area contributed by atoms with Gasteiger partial charge in [-0.05, 0) is 50.3 Å². The van der Waals surface area contributed by atoms with Crippen molar-refractivity contribution in [1.29, 1.82) is 0 Å². The van der Waals surface area contributed by atoms with Gasteiger partial charge in [-0.2, -0.15) is 0 Å². The van der Waals surface area contributed by atoms with Gasteiger partial charge in [0.2, 0.25) is 5.91 Å². The Balaban J connectivity index is 2.04. The third-order valence-electron chi connectivity index (χ3n) is 5.57. The third-order valence-corrected chi connectivity index (χ3v) is 6.13. The third kappa shape index (κ3) is 3.77. The van der Waals surface area contributed by atoms with Crippen LogP contribution in [0, 0.1) is 5.41 Å². The average molecular weight is 448 g/mol. The molecule has 1 fully saturated rings. The fourth-order valence-corrected chi connectivity index (χ4v) is 4.20. The topological polar surface area (TPSA) is 54.5 Å². The molecule has 1 aliphatic heterocycles. The van der Waals surface area contributed by atoms with Crippen LogP contribution >= 0.6 is 15.9 Å². The zero-order valence-electron chi connectivity index (χ0n) is 17.4. The van der Waals surface area contributed by atoms with Crippen molar-refractivity contribution in [2.24, 2.45) is 5.41 Å². The molecule has 28 heavy (non-hydrogen) atoms. The van der Waals surface area contributed by atoms with Crippen LogP contribution in [-0.2, 0) is 4.79 Å². The molecule has 0 bridgehead atoms. The number of fused-ring (bicyclic) bond motifs is 1. The molecule has 1 amide bonds. The second-order valence-corrected chi connectivity index (χ2v) is 9.07. The Morgan fingerprint density at radius 1 is 1.25 bits per heavy atom. The molecule has 1 aliphatic rings. The molecular weight excluding hydrogens is 418 g/mol. The van der Waals surface area contributed by atoms with Gasteiger partial charge in [0.05, 0.1) is 18.6 Å². The molecule has 3 rings (SSSR count). The molecule has 1 aromatic heterocycles. The van der Waals surface area contributed by atoms with Gasteiger partial charge in [-0.25, -0.2) is 10.4 Å². The highest BCUT2D eigenvalue weighted by molar-refractivity contribution is 9.09. The van der Waals surface area contributed by atoms with Gasteiger partial charge in [0.1, 0.15) is 11.3 Å². The first-order valence-corrected chi connectivity index (χ1v) is 11.0. The number of unbranched alkanes of at least 4 members (excludes halogenated alkanes) is 1. The smallest absolute Gasteiger partial charge is 0.244 e. The summed E-state index contributed by atoms with van der Waals surface area (Å²) in [4.78, 5) is 17.9. The summed E-state index contributed by atoms with van der Waals surface area (Å²) >= 11 is 3.46. The Labute approximate surface area is 175 Å². The number of ether oxygens (including phenoxy) is 1. The van der Waals surface area contributed by atoms with Gasteiger partial charge in [-0.15, -0.1) is 0 Å². The van der Waals surface area contributed by atoms with E-state index in [4.69, 9.17) is 9.72 Å². The first-order valence-electron chi connectivity index (χ1n) is 9.93. The number of amides is 1. The largest absolute Gasteiger partial charge is 0.494 e. The predicted molar refractivity (Wildman–Crippen MR) is 117 cm³/mol. The summed E-state index contributed by atoms with van der Waals surface area (Å²) in [6.45, 7) is 9.02. The van der Waals surface area contributed by atoms with E-state index in [1.54, 1.807) is 12.1 Å². The highest BCUT2D eigenvalue weighted by Gasteiger charge is 2.48. The van der Waals surface area contributed by atoms with Gasteiger partial charge >= 0.3 is 0 Å². The van der Waals surface area contributed by atoms with Crippen molar-refractivity contribution in [2.45, 2.75) is 52.5 Å². The van der Waals surface area contributed by atoms with E-state index in [2.05, 4.69) is 53.4 Å². The maximum Gasteiger partial charge on any atom is 0.244 e. The summed E-state index contributed by atoms with van der Waals surface area (Å²) in [5.74, 6) is 1.24. The molecule has 0 aliphatic carbocycles. The van der Waals surface area contributed by atoms with E-state index in [1.165, 1.54) is 0 Å². The number of halogens is 1. The van der Waals surface area contributed by atoms with Crippen LogP contribution in [-0.4, -0.2) is 34.9 Å². The van der Waals surface area contributed by atoms with Crippen molar-refractivity contribution in [1.82, 2.24) is 15.4 Å². The normalized spacial score (nSPS) is 19.0. The molecule has 0 spiro atoms. The minimum atomic E-state index is -0.535. The second-order valence-electron chi connectivity index (χ2n) is 8.28. The van der Waals surface area contributed by atoms with E-state index >= 15 is 0 Å². The van der Waals surface area contributed by atoms with Gasteiger partial charge in [0.15, 0.2) is 0 Å². The zero-order chi connectivity index (χ0) is 20.5. The lowest BCUT2D eigenvalue weighted by atomic mass is 9.80. The zero-order valence-corrected chi connectivity index (χ0v) is 19.0. The van der Waals surface area contributed by atoms with Crippen LogP contribution in [0.4, 0.5) is 0 Å². The molecule has 6 heteroatoms. The van der Waals surface area contributed by atoms with E-state index in [0.29, 0.717) is 12.5 Å². The van der Waals surface area contributed by atoms with Crippen LogP contribution in [0.25, 0.3) is 10.9 Å². The Morgan fingerprint density at radius 2 is 2.00 bits per heavy atom. The molecule has 0 saturated carbocycles. The van der Waals surface area contributed by atoms with Crippen LogP contribution in [0.3, 0.4) is 0 Å². The van der Waals surface area contributed by atoms with Crippen molar-refractivity contribution in [2.75, 3.05) is 19.0 Å². The van der Waals surface area contributed by atoms with Crippen LogP contribution < -0.4 is 10.2 Å². The van der Waals surface area contributed by atoms with Crippen molar-refractivity contribution in [3.8, 4) is 5.75 Å². The summed E-state index contributed by atoms with van der Waals surface area (Å²) in [7, 11) is 1.67. The van der Waals surface area contributed by atoms with Gasteiger partial charge in [0, 0.05) is 23.0 Å². The van der Waals surface area contributed by atoms with Crippen LogP contribution in [0.5, 0.6) is 5.75 Å². The number of carbonyl (C=O) groups is 1. The van der Waals surface area contributed by atoms with Crippen LogP contribution in [0.15, 0.2) is 24.3 Å². The molecule has 5 nitrogen and oxygen atoms in total. The maximum absolute atomic E-state index is 13.0. The van der Waals surface area contributed by atoms with Crippen molar-refractivity contribution >= 4 is 32.7 Å².